The summed E-state index contributed by atoms with van der Waals surface area (Å²) >= 11 is 5.63. The van der Waals surface area contributed by atoms with Gasteiger partial charge in [-0.15, -0.1) is 0 Å². The van der Waals surface area contributed by atoms with Crippen molar-refractivity contribution in [3.05, 3.63) is 29.0 Å². The van der Waals surface area contributed by atoms with Crippen molar-refractivity contribution in [1.29, 1.82) is 5.26 Å². The predicted octanol–water partition coefficient (Wildman–Crippen LogP) is 3.20. The molecule has 1 amide bonds. The van der Waals surface area contributed by atoms with Crippen LogP contribution in [0.25, 0.3) is 0 Å². The van der Waals surface area contributed by atoms with E-state index >= 15 is 0 Å². The van der Waals surface area contributed by atoms with E-state index in [2.05, 4.69) is 11.4 Å². The minimum absolute atomic E-state index is 0.0614. The highest BCUT2D eigenvalue weighted by atomic mass is 35.5. The van der Waals surface area contributed by atoms with E-state index < -0.39 is 11.4 Å². The number of rotatable bonds is 4. The van der Waals surface area contributed by atoms with Crippen molar-refractivity contribution in [2.75, 3.05) is 6.61 Å². The van der Waals surface area contributed by atoms with Crippen LogP contribution in [0.1, 0.15) is 32.1 Å². The van der Waals surface area contributed by atoms with E-state index in [1.807, 2.05) is 0 Å². The molecule has 0 bridgehead atoms. The van der Waals surface area contributed by atoms with Gasteiger partial charge in [0.1, 0.15) is 17.1 Å². The topological polar surface area (TPSA) is 62.1 Å². The quantitative estimate of drug-likeness (QED) is 0.929. The first-order valence-corrected chi connectivity index (χ1v) is 7.23. The highest BCUT2D eigenvalue weighted by Gasteiger charge is 2.33. The molecule has 0 unspecified atom stereocenters. The molecule has 0 atom stereocenters. The van der Waals surface area contributed by atoms with Crippen LogP contribution in [-0.2, 0) is 4.79 Å². The molecule has 1 aliphatic rings. The van der Waals surface area contributed by atoms with E-state index in [1.165, 1.54) is 18.2 Å². The molecule has 1 fully saturated rings. The highest BCUT2D eigenvalue weighted by Crippen LogP contribution is 2.27. The molecule has 4 nitrogen and oxygen atoms in total. The van der Waals surface area contributed by atoms with Crippen LogP contribution in [-0.4, -0.2) is 18.1 Å². The normalized spacial score (nSPS) is 16.8. The number of carbonyl (C=O) groups is 1. The first kappa shape index (κ1) is 15.6. The van der Waals surface area contributed by atoms with Crippen LogP contribution in [0.5, 0.6) is 5.75 Å². The predicted molar refractivity (Wildman–Crippen MR) is 76.5 cm³/mol. The molecule has 1 N–H and O–H groups in total. The van der Waals surface area contributed by atoms with Gasteiger partial charge < -0.3 is 10.1 Å². The lowest BCUT2D eigenvalue weighted by atomic mass is 9.83. The SMILES string of the molecule is N#CC1(NC(=O)COc2ccc(F)c(Cl)c2)CCCCC1. The number of nitriles is 1. The summed E-state index contributed by atoms with van der Waals surface area (Å²) in [6.07, 6.45) is 4.28. The van der Waals surface area contributed by atoms with Gasteiger partial charge in [0.2, 0.25) is 0 Å². The summed E-state index contributed by atoms with van der Waals surface area (Å²) in [5.41, 5.74) is -0.779. The first-order valence-electron chi connectivity index (χ1n) is 6.85. The Kier molecular flexibility index (Phi) is 5.03. The van der Waals surface area contributed by atoms with E-state index in [0.717, 1.165) is 19.3 Å². The van der Waals surface area contributed by atoms with Crippen molar-refractivity contribution < 1.29 is 13.9 Å². The Hall–Kier alpha value is -1.80. The zero-order chi connectivity index (χ0) is 15.3. The second-order valence-corrected chi connectivity index (χ2v) is 5.57. The summed E-state index contributed by atoms with van der Waals surface area (Å²) < 4.78 is 18.3. The Morgan fingerprint density at radius 1 is 1.43 bits per heavy atom. The van der Waals surface area contributed by atoms with Gasteiger partial charge in [-0.05, 0) is 25.0 Å². The van der Waals surface area contributed by atoms with Crippen LogP contribution >= 0.6 is 11.6 Å². The molecule has 1 saturated carbocycles. The maximum Gasteiger partial charge on any atom is 0.259 e. The Balaban J connectivity index is 1.89. The second kappa shape index (κ2) is 6.77. The molecule has 6 heteroatoms. The molecule has 0 heterocycles. The molecule has 0 radical (unpaired) electrons. The molecule has 1 aromatic rings. The van der Waals surface area contributed by atoms with Gasteiger partial charge in [0, 0.05) is 6.07 Å². The van der Waals surface area contributed by atoms with Gasteiger partial charge in [-0.2, -0.15) is 5.26 Å². The van der Waals surface area contributed by atoms with Crippen molar-refractivity contribution in [3.63, 3.8) is 0 Å². The highest BCUT2D eigenvalue weighted by molar-refractivity contribution is 6.30. The average Bonchev–Trinajstić information content (AvgIpc) is 2.49. The zero-order valence-corrected chi connectivity index (χ0v) is 12.3. The minimum Gasteiger partial charge on any atom is -0.484 e. The molecule has 1 aliphatic carbocycles. The van der Waals surface area contributed by atoms with E-state index in [1.54, 1.807) is 0 Å². The Morgan fingerprint density at radius 3 is 2.76 bits per heavy atom. The molecule has 1 aromatic carbocycles. The number of amides is 1. The first-order chi connectivity index (χ1) is 10.0. The molecule has 112 valence electrons. The van der Waals surface area contributed by atoms with Crippen LogP contribution < -0.4 is 10.1 Å². The van der Waals surface area contributed by atoms with Gasteiger partial charge in [-0.3, -0.25) is 4.79 Å². The van der Waals surface area contributed by atoms with Gasteiger partial charge in [0.25, 0.3) is 5.91 Å². The lowest BCUT2D eigenvalue weighted by Crippen LogP contribution is -2.50. The summed E-state index contributed by atoms with van der Waals surface area (Å²) in [6, 6.07) is 6.09. The van der Waals surface area contributed by atoms with E-state index in [9.17, 15) is 14.4 Å². The van der Waals surface area contributed by atoms with Crippen LogP contribution in [0.2, 0.25) is 5.02 Å². The molecule has 2 rings (SSSR count). The number of benzene rings is 1. The van der Waals surface area contributed by atoms with Crippen molar-refractivity contribution >= 4 is 17.5 Å². The number of nitrogens with zero attached hydrogens (tertiary/aromatic N) is 1. The number of hydrogen-bond acceptors (Lipinski definition) is 3. The van der Waals surface area contributed by atoms with Crippen LogP contribution in [0.4, 0.5) is 4.39 Å². The van der Waals surface area contributed by atoms with Gasteiger partial charge in [-0.1, -0.05) is 30.9 Å². The Labute approximate surface area is 127 Å². The van der Waals surface area contributed by atoms with Gasteiger partial charge >= 0.3 is 0 Å². The smallest absolute Gasteiger partial charge is 0.259 e. The summed E-state index contributed by atoms with van der Waals surface area (Å²) in [5.74, 6) is -0.593. The minimum atomic E-state index is -0.779. The Morgan fingerprint density at radius 2 is 2.14 bits per heavy atom. The largest absolute Gasteiger partial charge is 0.484 e. The number of halogens is 2. The Bertz CT molecular complexity index is 565. The lowest BCUT2D eigenvalue weighted by Gasteiger charge is -2.31. The molecule has 0 spiro atoms. The summed E-state index contributed by atoms with van der Waals surface area (Å²) in [5, 5.41) is 12.0. The number of carbonyl (C=O) groups excluding carboxylic acids is 1. The summed E-state index contributed by atoms with van der Waals surface area (Å²) in [7, 11) is 0. The molecular formula is C15H16ClFN2O2. The standard InChI is InChI=1S/C15H16ClFN2O2/c16-12-8-11(4-5-13(12)17)21-9-14(20)19-15(10-18)6-2-1-3-7-15/h4-5,8H,1-3,6-7,9H2,(H,19,20). The van der Waals surface area contributed by atoms with Crippen LogP contribution in [0.3, 0.4) is 0 Å². The molecular weight excluding hydrogens is 295 g/mol. The third-order valence-corrected chi connectivity index (χ3v) is 3.85. The fraction of sp³-hybridized carbons (Fsp3) is 0.467. The van der Waals surface area contributed by atoms with Crippen molar-refractivity contribution in [2.24, 2.45) is 0 Å². The number of ether oxygens (including phenoxy) is 1. The van der Waals surface area contributed by atoms with E-state index in [4.69, 9.17) is 16.3 Å². The number of nitrogens with one attached hydrogen (secondary N) is 1. The van der Waals surface area contributed by atoms with Crippen LogP contribution in [0, 0.1) is 17.1 Å². The maximum absolute atomic E-state index is 13.0. The number of hydrogen-bond donors (Lipinski definition) is 1. The molecule has 21 heavy (non-hydrogen) atoms. The van der Waals surface area contributed by atoms with E-state index in [-0.39, 0.29) is 17.5 Å². The third-order valence-electron chi connectivity index (χ3n) is 3.56. The van der Waals surface area contributed by atoms with E-state index in [0.29, 0.717) is 18.6 Å². The average molecular weight is 311 g/mol. The van der Waals surface area contributed by atoms with Gasteiger partial charge in [0.15, 0.2) is 6.61 Å². The maximum atomic E-state index is 13.0. The zero-order valence-electron chi connectivity index (χ0n) is 11.5. The monoisotopic (exact) mass is 310 g/mol. The van der Waals surface area contributed by atoms with Crippen molar-refractivity contribution in [2.45, 2.75) is 37.6 Å². The summed E-state index contributed by atoms with van der Waals surface area (Å²) in [4.78, 5) is 11.9. The fourth-order valence-corrected chi connectivity index (χ4v) is 2.61. The lowest BCUT2D eigenvalue weighted by molar-refractivity contribution is -0.124. The van der Waals surface area contributed by atoms with Crippen molar-refractivity contribution in [1.82, 2.24) is 5.32 Å². The molecule has 0 saturated heterocycles. The van der Waals surface area contributed by atoms with Crippen molar-refractivity contribution in [3.8, 4) is 11.8 Å². The second-order valence-electron chi connectivity index (χ2n) is 5.17. The van der Waals surface area contributed by atoms with Gasteiger partial charge in [0.05, 0.1) is 11.1 Å². The third kappa shape index (κ3) is 4.08. The van der Waals surface area contributed by atoms with Crippen LogP contribution in [0.15, 0.2) is 18.2 Å². The van der Waals surface area contributed by atoms with Gasteiger partial charge in [-0.25, -0.2) is 4.39 Å². The summed E-state index contributed by atoms with van der Waals surface area (Å²) in [6.45, 7) is -0.231. The molecule has 0 aliphatic heterocycles. The molecule has 0 aromatic heterocycles. The fourth-order valence-electron chi connectivity index (χ4n) is 2.44.